The smallest absolute Gasteiger partial charge is 0.213 e. The number of pyridine rings is 5. The van der Waals surface area contributed by atoms with Crippen molar-refractivity contribution in [1.82, 2.24) is 97.8 Å². The Kier molecular flexibility index (Phi) is 29.3. The molecule has 0 unspecified atom stereocenters. The summed E-state index contributed by atoms with van der Waals surface area (Å²) in [7, 11) is 10.4. The van der Waals surface area contributed by atoms with E-state index in [9.17, 15) is 0 Å². The van der Waals surface area contributed by atoms with Gasteiger partial charge in [-0.25, -0.2) is 52.9 Å². The average Bonchev–Trinajstić information content (AvgIpc) is 1.61. The number of hydrogen-bond donors (Lipinski definition) is 0. The van der Waals surface area contributed by atoms with Crippen molar-refractivity contribution in [2.75, 3.05) is 167 Å². The number of rotatable bonds is 30. The molecule has 1 saturated heterocycles. The van der Waals surface area contributed by atoms with Crippen molar-refractivity contribution in [2.24, 2.45) is 0 Å². The van der Waals surface area contributed by atoms with Gasteiger partial charge in [0, 0.05) is 118 Å². The molecule has 6 aromatic carbocycles. The lowest BCUT2D eigenvalue weighted by Gasteiger charge is -2.32. The van der Waals surface area contributed by atoms with Crippen molar-refractivity contribution in [2.45, 2.75) is 65.2 Å². The summed E-state index contributed by atoms with van der Waals surface area (Å²) in [4.78, 5) is 43.9. The molecule has 30 nitrogen and oxygen atoms in total. The monoisotopic (exact) mass is 1800 g/mol. The van der Waals surface area contributed by atoms with Crippen molar-refractivity contribution in [3.8, 4) is 103 Å². The van der Waals surface area contributed by atoms with Gasteiger partial charge in [-0.1, -0.05) is 74.5 Å². The highest BCUT2D eigenvalue weighted by Crippen LogP contribution is 2.40. The van der Waals surface area contributed by atoms with Crippen LogP contribution in [0.1, 0.15) is 83.6 Å². The standard InChI is InChI=1S/C29H33N5O2.C27H30N4O3.C24H26N6O2.C24H25N5O3/c1-32-14-16-33(17-15-32)13-3-4-22-7-9-23(10-8-22)20-28-30-29-6-2-5-25(34(29)31-28)24-11-12-26-27(21-24)36-19-18-35-26;1-3-30(4-2)13-14-32-22-8-5-7-20(17-22)18-26-28-27-10-6-9-23(31(27)29-26)21-11-12-24-25(19-21)34-16-15-33-24;1-29(2)10-4-6-22-25-15-17(16-26-22)13-23-27-24-7-3-5-19(30(24)28-23)18-8-9-20-21(14-18)32-12-11-31-20;1-28(2)10-11-32-24-15-17(8-9-25-24)14-22-26-23-5-3-4-19(29(23)27-22)18-6-7-20-21(16-18)31-13-12-30-20/h2,5-12,21H,3-4,13-20H2,1H3;5-12,17,19H,3-4,13-16,18H2,1-2H3;3,5,7-9,14-16H,4,6,10-13H2,1-2H3;3-9,15-16H,10-14H2,1-2H3. The molecule has 10 aromatic heterocycles. The summed E-state index contributed by atoms with van der Waals surface area (Å²) >= 11 is 0. The third kappa shape index (κ3) is 23.1. The minimum atomic E-state index is 0.556. The Bertz CT molecular complexity index is 6630. The SMILES string of the molecule is CCN(CC)CCOc1cccc(Cc2nc3cccc(-c4ccc5c(c4)OCCO5)n3n2)c1.CN(C)CCCc1ncc(Cc2nc3cccc(-c4ccc5c(c4)OCCO5)n3n2)cn1.CN(C)CCOc1cc(Cc2nc3cccc(-c4ccc5c(c4)OCCO5)n3n2)ccn1.CN1CCN(CCCc2ccc(Cc3nc4cccc(-c5ccc6c(c5)OCCO6)n4n3)cc2)CC1. The Morgan fingerprint density at radius 3 is 1.16 bits per heavy atom. The molecule has 16 aromatic rings. The molecule has 21 rings (SSSR count). The van der Waals surface area contributed by atoms with Crippen LogP contribution in [0, 0.1) is 0 Å². The highest BCUT2D eigenvalue weighted by molar-refractivity contribution is 5.71. The number of ether oxygens (including phenoxy) is 10. The van der Waals surface area contributed by atoms with Gasteiger partial charge >= 0.3 is 0 Å². The van der Waals surface area contributed by atoms with Crippen LogP contribution < -0.4 is 47.4 Å². The predicted molar refractivity (Wildman–Crippen MR) is 514 cm³/mol. The van der Waals surface area contributed by atoms with E-state index in [4.69, 9.17) is 87.7 Å². The summed E-state index contributed by atoms with van der Waals surface area (Å²) in [6, 6.07) is 69.1. The molecule has 15 heterocycles. The third-order valence-electron chi connectivity index (χ3n) is 23.8. The van der Waals surface area contributed by atoms with Crippen molar-refractivity contribution >= 4 is 22.6 Å². The zero-order valence-electron chi connectivity index (χ0n) is 77.2. The molecule has 0 bridgehead atoms. The van der Waals surface area contributed by atoms with Crippen LogP contribution in [0.3, 0.4) is 0 Å². The van der Waals surface area contributed by atoms with Crippen molar-refractivity contribution in [1.29, 1.82) is 0 Å². The highest BCUT2D eigenvalue weighted by atomic mass is 16.6. The Balaban J connectivity index is 0.000000120. The molecule has 0 radical (unpaired) electrons. The summed E-state index contributed by atoms with van der Waals surface area (Å²) in [6.45, 7) is 21.0. The summed E-state index contributed by atoms with van der Waals surface area (Å²) < 4.78 is 64.9. The van der Waals surface area contributed by atoms with Crippen molar-refractivity contribution < 1.29 is 47.4 Å². The number of aryl methyl sites for hydroxylation is 2. The highest BCUT2D eigenvalue weighted by Gasteiger charge is 2.23. The van der Waals surface area contributed by atoms with Gasteiger partial charge in [-0.3, -0.25) is 0 Å². The first kappa shape index (κ1) is 90.4. The minimum Gasteiger partial charge on any atom is -0.492 e. The molecule has 0 N–H and O–H groups in total. The fourth-order valence-corrected chi connectivity index (χ4v) is 16.6. The summed E-state index contributed by atoms with van der Waals surface area (Å²) in [5.41, 5.74) is 16.9. The maximum atomic E-state index is 5.99. The first-order chi connectivity index (χ1) is 65.7. The maximum absolute atomic E-state index is 5.99. The Hall–Kier alpha value is -14.2. The van der Waals surface area contributed by atoms with E-state index in [1.165, 1.54) is 50.3 Å². The molecule has 0 aliphatic carbocycles. The molecule has 0 amide bonds. The van der Waals surface area contributed by atoms with E-state index < -0.39 is 0 Å². The van der Waals surface area contributed by atoms with Gasteiger partial charge in [0.15, 0.2) is 91.9 Å². The number of nitrogens with zero attached hydrogens (tertiary/aromatic N) is 20. The zero-order valence-corrected chi connectivity index (χ0v) is 77.2. The van der Waals surface area contributed by atoms with Crippen LogP contribution in [0.25, 0.3) is 67.6 Å². The minimum absolute atomic E-state index is 0.556. The number of fused-ring (bicyclic) bond motifs is 8. The Morgan fingerprint density at radius 1 is 0.336 bits per heavy atom. The molecule has 690 valence electrons. The molecule has 0 saturated carbocycles. The van der Waals surface area contributed by atoms with Crippen LogP contribution >= 0.6 is 0 Å². The van der Waals surface area contributed by atoms with Crippen molar-refractivity contribution in [3.05, 3.63) is 282 Å². The number of hydrogen-bond acceptors (Lipinski definition) is 26. The second-order valence-corrected chi connectivity index (χ2v) is 34.1. The first-order valence-corrected chi connectivity index (χ1v) is 46.3. The molecule has 5 aliphatic rings. The van der Waals surface area contributed by atoms with Crippen molar-refractivity contribution in [3.63, 3.8) is 0 Å². The van der Waals surface area contributed by atoms with E-state index in [-0.39, 0.29) is 0 Å². The number of likely N-dealkylation sites (N-methyl/N-ethyl adjacent to an activating group) is 3. The quantitative estimate of drug-likeness (QED) is 0.0405. The molecular weight excluding hydrogens is 1690 g/mol. The fourth-order valence-electron chi connectivity index (χ4n) is 16.6. The van der Waals surface area contributed by atoms with E-state index in [0.717, 1.165) is 217 Å². The Labute approximate surface area is 780 Å². The van der Waals surface area contributed by atoms with E-state index in [2.05, 4.69) is 117 Å². The van der Waals surface area contributed by atoms with Crippen LogP contribution in [-0.2, 0) is 38.5 Å². The van der Waals surface area contributed by atoms with Gasteiger partial charge in [0.25, 0.3) is 0 Å². The predicted octanol–water partition coefficient (Wildman–Crippen LogP) is 14.6. The molecule has 0 spiro atoms. The second kappa shape index (κ2) is 43.5. The Morgan fingerprint density at radius 2 is 0.731 bits per heavy atom. The molecule has 134 heavy (non-hydrogen) atoms. The van der Waals surface area contributed by atoms with E-state index in [1.54, 1.807) is 6.20 Å². The second-order valence-electron chi connectivity index (χ2n) is 34.1. The van der Waals surface area contributed by atoms with E-state index in [1.807, 2.05) is 208 Å². The van der Waals surface area contributed by atoms with Crippen LogP contribution in [-0.4, -0.2) is 265 Å². The molecular formula is C104H114N20O10. The fraction of sp³-hybridized carbons (Fsp3) is 0.337. The van der Waals surface area contributed by atoms with Gasteiger partial charge in [-0.2, -0.15) is 20.4 Å². The topological polar surface area (TPSA) is 268 Å². The summed E-state index contributed by atoms with van der Waals surface area (Å²) in [5, 5.41) is 19.2. The number of benzene rings is 6. The average molecular weight is 1800 g/mol. The number of piperazine rings is 1. The van der Waals surface area contributed by atoms with Crippen LogP contribution in [0.2, 0.25) is 0 Å². The van der Waals surface area contributed by atoms with Crippen LogP contribution in [0.15, 0.2) is 225 Å². The maximum Gasteiger partial charge on any atom is 0.213 e. The van der Waals surface area contributed by atoms with Crippen LogP contribution in [0.4, 0.5) is 0 Å². The van der Waals surface area contributed by atoms with Gasteiger partial charge in [0.05, 0.1) is 22.8 Å². The third-order valence-corrected chi connectivity index (χ3v) is 23.8. The van der Waals surface area contributed by atoms with E-state index in [0.29, 0.717) is 97.6 Å². The van der Waals surface area contributed by atoms with Gasteiger partial charge in [-0.15, -0.1) is 0 Å². The van der Waals surface area contributed by atoms with Gasteiger partial charge in [-0.05, 0) is 248 Å². The lowest BCUT2D eigenvalue weighted by atomic mass is 10.1. The molecule has 30 heteroatoms. The lowest BCUT2D eigenvalue weighted by molar-refractivity contribution is 0.153. The van der Waals surface area contributed by atoms with Gasteiger partial charge < -0.3 is 71.9 Å². The zero-order chi connectivity index (χ0) is 91.5. The first-order valence-electron chi connectivity index (χ1n) is 46.3. The van der Waals surface area contributed by atoms with Crippen LogP contribution in [0.5, 0.6) is 57.6 Å². The normalized spacial score (nSPS) is 13.9. The summed E-state index contributed by atoms with van der Waals surface area (Å²) in [6.07, 6.45) is 12.3. The van der Waals surface area contributed by atoms with Gasteiger partial charge in [0.1, 0.15) is 77.6 Å². The van der Waals surface area contributed by atoms with E-state index >= 15 is 0 Å². The summed E-state index contributed by atoms with van der Waals surface area (Å²) in [5.74, 6) is 11.6. The lowest BCUT2D eigenvalue weighted by Crippen LogP contribution is -2.44. The number of aromatic nitrogens is 15. The molecule has 0 atom stereocenters. The molecule has 5 aliphatic heterocycles. The molecule has 1 fully saturated rings. The largest absolute Gasteiger partial charge is 0.492 e. The van der Waals surface area contributed by atoms with Gasteiger partial charge in [0.2, 0.25) is 5.88 Å².